The zero-order valence-electron chi connectivity index (χ0n) is 11.3. The van der Waals surface area contributed by atoms with Gasteiger partial charge in [-0.1, -0.05) is 32.8 Å². The quantitative estimate of drug-likeness (QED) is 0.499. The van der Waals surface area contributed by atoms with Crippen LogP contribution in [0.2, 0.25) is 0 Å². The molecule has 0 bridgehead atoms. The molecule has 0 aromatic heterocycles. The van der Waals surface area contributed by atoms with E-state index in [0.717, 1.165) is 12.8 Å². The van der Waals surface area contributed by atoms with Gasteiger partial charge in [-0.25, -0.2) is 9.13 Å². The molecule has 0 saturated heterocycles. The minimum atomic E-state index is -2.55. The molecule has 0 aromatic carbocycles. The summed E-state index contributed by atoms with van der Waals surface area (Å²) in [6.07, 6.45) is 6.27. The fourth-order valence-corrected chi connectivity index (χ4v) is 4.41. The molecule has 0 rings (SSSR count). The van der Waals surface area contributed by atoms with Gasteiger partial charge < -0.3 is 0 Å². The second kappa shape index (κ2) is 8.74. The van der Waals surface area contributed by atoms with Gasteiger partial charge in [-0.3, -0.25) is 0 Å². The predicted octanol–water partition coefficient (Wildman–Crippen LogP) is 4.57. The molecule has 0 aromatic rings. The molecule has 0 heterocycles. The molecule has 3 unspecified atom stereocenters. The van der Waals surface area contributed by atoms with Gasteiger partial charge in [0.1, 0.15) is 0 Å². The third-order valence-electron chi connectivity index (χ3n) is 3.05. The van der Waals surface area contributed by atoms with Crippen molar-refractivity contribution in [2.45, 2.75) is 63.7 Å². The molecule has 0 saturated carbocycles. The summed E-state index contributed by atoms with van der Waals surface area (Å²) < 4.78 is 34.1. The minimum absolute atomic E-state index is 0.240. The Morgan fingerprint density at radius 3 is 2.28 bits per heavy atom. The highest BCUT2D eigenvalue weighted by Crippen LogP contribution is 2.47. The molecule has 0 spiro atoms. The van der Waals surface area contributed by atoms with E-state index < -0.39 is 26.5 Å². The van der Waals surface area contributed by atoms with E-state index in [1.807, 2.05) is 13.8 Å². The smallest absolute Gasteiger partial charge is 0.237 e. The normalized spacial score (nSPS) is 17.4. The van der Waals surface area contributed by atoms with Gasteiger partial charge in [0.2, 0.25) is 5.16 Å². The monoisotopic (exact) mass is 293 g/mol. The van der Waals surface area contributed by atoms with Gasteiger partial charge in [0.25, 0.3) is 0 Å². The lowest BCUT2D eigenvalue weighted by molar-refractivity contribution is 0.427. The molecule has 18 heavy (non-hydrogen) atoms. The summed E-state index contributed by atoms with van der Waals surface area (Å²) in [5, 5.41) is -0.895. The van der Waals surface area contributed by atoms with E-state index in [9.17, 15) is 18.6 Å². The fraction of sp³-hybridized carbons (Fsp3) is 0.833. The number of rotatable bonds is 9. The standard InChI is InChI=1S/C12H22O4P2/c1-4-7-11(17(13)14)10-12(8-5-2,9-6-3)18(15)16/h5,8,11H,4,6-7,9-10H2,1-3H3/p+1. The molecule has 104 valence electrons. The lowest BCUT2D eigenvalue weighted by Gasteiger charge is -2.20. The third kappa shape index (κ3) is 5.14. The first-order valence-corrected chi connectivity index (χ1v) is 8.83. The van der Waals surface area contributed by atoms with E-state index >= 15 is 0 Å². The second-order valence-electron chi connectivity index (χ2n) is 4.56. The van der Waals surface area contributed by atoms with Crippen LogP contribution in [-0.4, -0.2) is 15.7 Å². The SMILES string of the molecule is CC=CC(CCC)(CC(CCC)P(=O)=O)[P+](=O)O. The lowest BCUT2D eigenvalue weighted by Crippen LogP contribution is -2.26. The van der Waals surface area contributed by atoms with Crippen LogP contribution in [0, 0.1) is 0 Å². The van der Waals surface area contributed by atoms with Crippen molar-refractivity contribution in [2.24, 2.45) is 0 Å². The summed E-state index contributed by atoms with van der Waals surface area (Å²) in [5.74, 6) is 0. The van der Waals surface area contributed by atoms with Crippen LogP contribution in [0.25, 0.3) is 0 Å². The van der Waals surface area contributed by atoms with Crippen molar-refractivity contribution in [1.82, 2.24) is 0 Å². The Kier molecular flexibility index (Phi) is 8.60. The molecule has 0 aliphatic carbocycles. The zero-order valence-corrected chi connectivity index (χ0v) is 13.1. The summed E-state index contributed by atoms with van der Waals surface area (Å²) in [6.45, 7) is 5.64. The molecule has 0 aliphatic rings. The fourth-order valence-electron chi connectivity index (χ4n) is 2.26. The van der Waals surface area contributed by atoms with Crippen LogP contribution in [0.15, 0.2) is 12.2 Å². The first-order valence-electron chi connectivity index (χ1n) is 6.37. The third-order valence-corrected chi connectivity index (χ3v) is 5.40. The summed E-state index contributed by atoms with van der Waals surface area (Å²) in [6, 6.07) is 0. The number of hydrogen-bond donors (Lipinski definition) is 1. The van der Waals surface area contributed by atoms with Crippen molar-refractivity contribution in [3.05, 3.63) is 12.2 Å². The Morgan fingerprint density at radius 2 is 1.94 bits per heavy atom. The van der Waals surface area contributed by atoms with Gasteiger partial charge in [-0.05, 0) is 24.0 Å². The van der Waals surface area contributed by atoms with Crippen molar-refractivity contribution < 1.29 is 18.6 Å². The van der Waals surface area contributed by atoms with Crippen LogP contribution in [0.4, 0.5) is 0 Å². The highest BCUT2D eigenvalue weighted by atomic mass is 31.1. The molecule has 0 amide bonds. The van der Waals surface area contributed by atoms with Crippen LogP contribution in [-0.2, 0) is 13.7 Å². The topological polar surface area (TPSA) is 71.4 Å². The minimum Gasteiger partial charge on any atom is -0.237 e. The van der Waals surface area contributed by atoms with Gasteiger partial charge in [0, 0.05) is 12.8 Å². The molecule has 1 N–H and O–H groups in total. The van der Waals surface area contributed by atoms with E-state index in [1.165, 1.54) is 0 Å². The lowest BCUT2D eigenvalue weighted by atomic mass is 9.94. The summed E-state index contributed by atoms with van der Waals surface area (Å²) in [5.41, 5.74) is -0.515. The van der Waals surface area contributed by atoms with Crippen LogP contribution in [0.5, 0.6) is 0 Å². The molecular weight excluding hydrogens is 270 g/mol. The highest BCUT2D eigenvalue weighted by Gasteiger charge is 2.48. The molecule has 6 heteroatoms. The number of allylic oxidation sites excluding steroid dienone is 2. The summed E-state index contributed by atoms with van der Waals surface area (Å²) in [7, 11) is -4.99. The van der Waals surface area contributed by atoms with Crippen LogP contribution in [0.3, 0.4) is 0 Å². The van der Waals surface area contributed by atoms with Gasteiger partial charge in [-0.2, -0.15) is 4.89 Å². The molecule has 0 radical (unpaired) electrons. The Labute approximate surface area is 111 Å². The molecular formula is C12H23O4P2+. The maximum absolute atomic E-state index is 11.7. The molecule has 0 fully saturated rings. The van der Waals surface area contributed by atoms with E-state index in [4.69, 9.17) is 0 Å². The van der Waals surface area contributed by atoms with Crippen molar-refractivity contribution in [1.29, 1.82) is 0 Å². The Morgan fingerprint density at radius 1 is 1.33 bits per heavy atom. The van der Waals surface area contributed by atoms with Gasteiger partial charge in [-0.15, -0.1) is 0 Å². The van der Waals surface area contributed by atoms with E-state index in [0.29, 0.717) is 12.8 Å². The van der Waals surface area contributed by atoms with Crippen molar-refractivity contribution in [3.63, 3.8) is 0 Å². The van der Waals surface area contributed by atoms with Crippen molar-refractivity contribution in [3.8, 4) is 0 Å². The van der Waals surface area contributed by atoms with Gasteiger partial charge in [0.15, 0.2) is 0 Å². The van der Waals surface area contributed by atoms with Crippen LogP contribution >= 0.6 is 15.7 Å². The van der Waals surface area contributed by atoms with Crippen molar-refractivity contribution >= 4 is 15.7 Å². The maximum atomic E-state index is 11.7. The zero-order chi connectivity index (χ0) is 14.2. The van der Waals surface area contributed by atoms with Crippen LogP contribution in [0.1, 0.15) is 52.9 Å². The average Bonchev–Trinajstić information content (AvgIpc) is 2.28. The van der Waals surface area contributed by atoms with Crippen LogP contribution < -0.4 is 0 Å². The Hall–Kier alpha value is -0.300. The summed E-state index contributed by atoms with van der Waals surface area (Å²) in [4.78, 5) is 9.58. The molecule has 3 atom stereocenters. The predicted molar refractivity (Wildman–Crippen MR) is 73.9 cm³/mol. The second-order valence-corrected chi connectivity index (χ2v) is 7.30. The van der Waals surface area contributed by atoms with E-state index in [-0.39, 0.29) is 6.42 Å². The van der Waals surface area contributed by atoms with E-state index in [1.54, 1.807) is 19.1 Å². The van der Waals surface area contributed by atoms with Gasteiger partial charge in [0.05, 0.1) is 5.66 Å². The van der Waals surface area contributed by atoms with E-state index in [2.05, 4.69) is 0 Å². The first-order chi connectivity index (χ1) is 8.43. The van der Waals surface area contributed by atoms with Gasteiger partial charge >= 0.3 is 15.7 Å². The Bertz CT molecular complexity index is 355. The molecule has 0 aliphatic heterocycles. The Balaban J connectivity index is 5.23. The molecule has 4 nitrogen and oxygen atoms in total. The maximum Gasteiger partial charge on any atom is 0.516 e. The number of hydrogen-bond acceptors (Lipinski definition) is 3. The average molecular weight is 293 g/mol. The summed E-state index contributed by atoms with van der Waals surface area (Å²) >= 11 is 0. The van der Waals surface area contributed by atoms with Crippen molar-refractivity contribution in [2.75, 3.05) is 0 Å². The highest BCUT2D eigenvalue weighted by molar-refractivity contribution is 7.40. The largest absolute Gasteiger partial charge is 0.516 e. The first kappa shape index (κ1) is 17.7.